The molecule has 56 heavy (non-hydrogen) atoms. The fourth-order valence-corrected chi connectivity index (χ4v) is 7.86. The maximum atomic E-state index is 8.14. The number of aromatic nitrogens is 10. The van der Waals surface area contributed by atoms with Crippen molar-refractivity contribution in [2.75, 3.05) is 23.8 Å². The van der Waals surface area contributed by atoms with Crippen molar-refractivity contribution in [3.05, 3.63) is 64.4 Å². The smallest absolute Gasteiger partial charge is 0.295 e. The van der Waals surface area contributed by atoms with E-state index >= 15 is 0 Å². The highest BCUT2D eigenvalue weighted by Gasteiger charge is 2.23. The molecular formula is C38H49BrN16O. The molecule has 294 valence electrons. The summed E-state index contributed by atoms with van der Waals surface area (Å²) in [6.45, 7) is 15.6. The van der Waals surface area contributed by atoms with Gasteiger partial charge in [-0.25, -0.2) is 44.3 Å². The first-order chi connectivity index (χ1) is 27.3. The van der Waals surface area contributed by atoms with Crippen molar-refractivity contribution >= 4 is 61.1 Å². The van der Waals surface area contributed by atoms with Crippen LogP contribution in [0.25, 0.3) is 31.8 Å². The number of halogens is 1. The van der Waals surface area contributed by atoms with Crippen LogP contribution in [0.15, 0.2) is 41.6 Å². The largest absolute Gasteiger partial charge is 0.512 e. The minimum absolute atomic E-state index is 0.0168. The molecule has 0 saturated heterocycles. The molecule has 0 spiro atoms. The number of anilines is 3. The van der Waals surface area contributed by atoms with Crippen LogP contribution in [0.1, 0.15) is 121 Å². The summed E-state index contributed by atoms with van der Waals surface area (Å²) in [5.41, 5.74) is 19.7. The molecule has 5 heterocycles. The van der Waals surface area contributed by atoms with Crippen molar-refractivity contribution in [3.63, 3.8) is 0 Å². The van der Waals surface area contributed by atoms with Crippen LogP contribution in [0.5, 0.6) is 0 Å². The molecule has 0 unspecified atom stereocenters. The predicted molar refractivity (Wildman–Crippen MR) is 218 cm³/mol. The van der Waals surface area contributed by atoms with E-state index in [0.717, 1.165) is 45.8 Å². The Morgan fingerprint density at radius 2 is 1.34 bits per heavy atom. The Hall–Kier alpha value is -5.80. The first-order valence-corrected chi connectivity index (χ1v) is 20.0. The lowest BCUT2D eigenvalue weighted by Gasteiger charge is -2.23. The molecule has 3 saturated carbocycles. The van der Waals surface area contributed by atoms with Crippen molar-refractivity contribution in [2.45, 2.75) is 121 Å². The third-order valence-electron chi connectivity index (χ3n) is 10.2. The molecule has 0 bridgehead atoms. The molecule has 3 fully saturated rings. The Labute approximate surface area is 335 Å². The maximum Gasteiger partial charge on any atom is 0.295 e. The second-order valence-corrected chi connectivity index (χ2v) is 14.6. The summed E-state index contributed by atoms with van der Waals surface area (Å²) >= 11 is 3.44. The molecule has 0 atom stereocenters. The first-order valence-electron chi connectivity index (χ1n) is 19.2. The molecule has 0 amide bonds. The standard InChI is InChI=1S/C11H14BrN5.C11H15N5.C10H14N4.C6H6N2O/c12-9-8-10(13)14-6-15-11(8)17(16-9)7-4-2-1-3-5-7;12-10-9-6-15-16(11(9)14-7-13-10)8-4-2-1-3-5-8;1-12-9-7-13-14(10(9)11)8-5-3-2-4-6-8;1-3-9-5-6(4-7)8-2/h6-7H,1-5H2,(H2,13,14,15);6-8H,1-5H2,(H2,12,13,14);7-8H,2-6,11H2;5H,3H2,1H3/b;;;6-5+. The van der Waals surface area contributed by atoms with Gasteiger partial charge in [-0.1, -0.05) is 57.8 Å². The summed E-state index contributed by atoms with van der Waals surface area (Å²) in [6.07, 6.45) is 26.1. The van der Waals surface area contributed by atoms with Crippen molar-refractivity contribution in [2.24, 2.45) is 0 Å². The van der Waals surface area contributed by atoms with Crippen LogP contribution in [0.4, 0.5) is 23.1 Å². The van der Waals surface area contributed by atoms with Crippen LogP contribution in [-0.2, 0) is 4.74 Å². The molecule has 3 aliphatic carbocycles. The first kappa shape index (κ1) is 41.4. The summed E-state index contributed by atoms with van der Waals surface area (Å²) in [7, 11) is 0. The summed E-state index contributed by atoms with van der Waals surface area (Å²) in [5.74, 6) is 1.54. The minimum Gasteiger partial charge on any atom is -0.512 e. The zero-order valence-corrected chi connectivity index (χ0v) is 33.4. The van der Waals surface area contributed by atoms with Gasteiger partial charge in [-0.2, -0.15) is 15.3 Å². The van der Waals surface area contributed by atoms with Gasteiger partial charge in [-0.3, -0.25) is 4.68 Å². The van der Waals surface area contributed by atoms with Crippen LogP contribution in [0.2, 0.25) is 0 Å². The van der Waals surface area contributed by atoms with Crippen LogP contribution in [0.3, 0.4) is 0 Å². The molecule has 17 nitrogen and oxygen atoms in total. The van der Waals surface area contributed by atoms with E-state index < -0.39 is 0 Å². The number of nitriles is 1. The third kappa shape index (κ3) is 10.3. The fraction of sp³-hybridized carbons (Fsp3) is 0.526. The number of allylic oxidation sites excluding steroid dienone is 1. The van der Waals surface area contributed by atoms with E-state index in [1.807, 2.05) is 14.0 Å². The number of fused-ring (bicyclic) bond motifs is 2. The molecular weight excluding hydrogens is 776 g/mol. The van der Waals surface area contributed by atoms with Crippen molar-refractivity contribution in [3.8, 4) is 6.07 Å². The van der Waals surface area contributed by atoms with Gasteiger partial charge in [-0.15, -0.1) is 0 Å². The van der Waals surface area contributed by atoms with Gasteiger partial charge in [0.2, 0.25) is 5.69 Å². The average molecular weight is 826 g/mol. The van der Waals surface area contributed by atoms with Gasteiger partial charge >= 0.3 is 0 Å². The van der Waals surface area contributed by atoms with E-state index in [2.05, 4.69) is 65.6 Å². The summed E-state index contributed by atoms with van der Waals surface area (Å²) in [5, 5.41) is 23.0. The Balaban J connectivity index is 0.000000146. The highest BCUT2D eigenvalue weighted by Crippen LogP contribution is 2.35. The second-order valence-electron chi connectivity index (χ2n) is 13.8. The average Bonchev–Trinajstić information content (AvgIpc) is 3.96. The van der Waals surface area contributed by atoms with Crippen molar-refractivity contribution < 1.29 is 4.74 Å². The van der Waals surface area contributed by atoms with Gasteiger partial charge in [-0.05, 0) is 61.4 Å². The monoisotopic (exact) mass is 824 g/mol. The number of rotatable bonds is 5. The van der Waals surface area contributed by atoms with Gasteiger partial charge in [0, 0.05) is 0 Å². The van der Waals surface area contributed by atoms with Crippen molar-refractivity contribution in [1.82, 2.24) is 49.3 Å². The number of ether oxygens (including phenoxy) is 1. The topological polar surface area (TPSA) is 225 Å². The number of hydrogen-bond donors (Lipinski definition) is 3. The van der Waals surface area contributed by atoms with Crippen molar-refractivity contribution in [1.29, 1.82) is 5.26 Å². The Morgan fingerprint density at radius 1 is 0.804 bits per heavy atom. The lowest BCUT2D eigenvalue weighted by Crippen LogP contribution is -2.15. The van der Waals surface area contributed by atoms with E-state index in [-0.39, 0.29) is 5.70 Å². The van der Waals surface area contributed by atoms with Crippen LogP contribution in [-0.4, -0.2) is 55.9 Å². The van der Waals surface area contributed by atoms with E-state index in [9.17, 15) is 0 Å². The van der Waals surface area contributed by atoms with Gasteiger partial charge in [0.25, 0.3) is 5.70 Å². The molecule has 8 rings (SSSR count). The van der Waals surface area contributed by atoms with Crippen LogP contribution in [0, 0.1) is 24.5 Å². The van der Waals surface area contributed by atoms with Gasteiger partial charge in [0.15, 0.2) is 11.3 Å². The minimum atomic E-state index is -0.0168. The summed E-state index contributed by atoms with van der Waals surface area (Å²) in [4.78, 5) is 22.8. The molecule has 18 heteroatoms. The number of nitrogens with zero attached hydrogens (tertiary/aromatic N) is 13. The number of nitrogens with two attached hydrogens (primary N) is 3. The van der Waals surface area contributed by atoms with Crippen LogP contribution >= 0.6 is 15.9 Å². The fourth-order valence-electron chi connectivity index (χ4n) is 7.31. The zero-order chi connectivity index (χ0) is 39.9. The molecule has 6 N–H and O–H groups in total. The third-order valence-corrected chi connectivity index (χ3v) is 10.7. The zero-order valence-electron chi connectivity index (χ0n) is 31.8. The Morgan fingerprint density at radius 3 is 1.88 bits per heavy atom. The highest BCUT2D eigenvalue weighted by molar-refractivity contribution is 9.10. The van der Waals surface area contributed by atoms with Gasteiger partial charge in [0.1, 0.15) is 41.0 Å². The molecule has 5 aromatic heterocycles. The SMILES string of the molecule is Nc1ncnc2c1c(Br)nn2C1CCCCC1.Nc1ncnc2c1cnn2C1CCCCC1.[C-]#[N+]/C(C#N)=C/OCC.[C-]#[N+]c1cnn(C2CCCCC2)c1N. The lowest BCUT2D eigenvalue weighted by atomic mass is 9.96. The van der Waals surface area contributed by atoms with Crippen LogP contribution < -0.4 is 17.2 Å². The lowest BCUT2D eigenvalue weighted by molar-refractivity contribution is 0.268. The predicted octanol–water partition coefficient (Wildman–Crippen LogP) is 8.42. The molecule has 0 aliphatic heterocycles. The Kier molecular flexibility index (Phi) is 15.3. The highest BCUT2D eigenvalue weighted by atomic mass is 79.9. The quantitative estimate of drug-likeness (QED) is 0.0863. The number of hydrogen-bond acceptors (Lipinski definition) is 12. The molecule has 3 aliphatic rings. The molecule has 0 radical (unpaired) electrons. The normalized spacial score (nSPS) is 16.5. The second kappa shape index (κ2) is 20.8. The molecule has 5 aromatic rings. The van der Waals surface area contributed by atoms with E-state index in [1.165, 1.54) is 96.1 Å². The summed E-state index contributed by atoms with van der Waals surface area (Å²) < 4.78 is 11.3. The molecule has 0 aromatic carbocycles. The van der Waals surface area contributed by atoms with E-state index in [1.54, 1.807) is 25.4 Å². The van der Waals surface area contributed by atoms with Gasteiger partial charge in [0.05, 0.1) is 67.1 Å². The van der Waals surface area contributed by atoms with E-state index in [4.69, 9.17) is 35.6 Å². The maximum absolute atomic E-state index is 8.14. The number of nitrogen functional groups attached to an aromatic ring is 3. The van der Waals surface area contributed by atoms with E-state index in [0.29, 0.717) is 47.9 Å². The summed E-state index contributed by atoms with van der Waals surface area (Å²) in [6, 6.07) is 3.02. The Bertz CT molecular complexity index is 2170. The van der Waals surface area contributed by atoms with Gasteiger partial charge < -0.3 is 21.9 Å².